The predicted octanol–water partition coefficient (Wildman–Crippen LogP) is 3.25. The van der Waals surface area contributed by atoms with Gasteiger partial charge in [-0.25, -0.2) is 0 Å². The van der Waals surface area contributed by atoms with E-state index >= 15 is 0 Å². The summed E-state index contributed by atoms with van der Waals surface area (Å²) < 4.78 is 0. The van der Waals surface area contributed by atoms with Crippen LogP contribution in [0.3, 0.4) is 0 Å². The molecule has 2 rings (SSSR count). The number of amides is 1. The minimum Gasteiger partial charge on any atom is -0.384 e. The van der Waals surface area contributed by atoms with Gasteiger partial charge in [-0.15, -0.1) is 0 Å². The fourth-order valence-electron chi connectivity index (χ4n) is 2.93. The van der Waals surface area contributed by atoms with Crippen LogP contribution in [-0.2, 0) is 4.79 Å². The molecule has 1 saturated carbocycles. The Hall–Kier alpha value is -1.79. The van der Waals surface area contributed by atoms with E-state index in [-0.39, 0.29) is 12.5 Å². The summed E-state index contributed by atoms with van der Waals surface area (Å²) in [5, 5.41) is 11.7. The van der Waals surface area contributed by atoms with Gasteiger partial charge in [-0.1, -0.05) is 37.5 Å². The van der Waals surface area contributed by atoms with Crippen molar-refractivity contribution in [3.8, 4) is 11.8 Å². The van der Waals surface area contributed by atoms with Crippen molar-refractivity contribution in [3.63, 3.8) is 0 Å². The molecular formula is C18H23NO2. The van der Waals surface area contributed by atoms with E-state index in [1.807, 2.05) is 25.1 Å². The zero-order valence-corrected chi connectivity index (χ0v) is 12.6. The van der Waals surface area contributed by atoms with Crippen LogP contribution in [-0.4, -0.2) is 17.6 Å². The van der Waals surface area contributed by atoms with Crippen molar-refractivity contribution < 1.29 is 9.90 Å². The van der Waals surface area contributed by atoms with Crippen LogP contribution in [0, 0.1) is 24.7 Å². The number of aliphatic hydroxyl groups excluding tert-OH is 1. The van der Waals surface area contributed by atoms with Crippen molar-refractivity contribution in [2.45, 2.75) is 45.4 Å². The molecule has 0 atom stereocenters. The smallest absolute Gasteiger partial charge is 0.224 e. The molecule has 0 radical (unpaired) electrons. The minimum absolute atomic E-state index is 0.0774. The minimum atomic E-state index is -0.156. The molecule has 0 aromatic heterocycles. The van der Waals surface area contributed by atoms with Crippen LogP contribution in [0.5, 0.6) is 0 Å². The fourth-order valence-corrected chi connectivity index (χ4v) is 2.93. The van der Waals surface area contributed by atoms with Crippen LogP contribution in [0.1, 0.15) is 49.7 Å². The number of nitrogens with one attached hydrogen (secondary N) is 1. The number of aryl methyl sites for hydroxylation is 1. The second-order valence-electron chi connectivity index (χ2n) is 5.78. The molecule has 1 aliphatic carbocycles. The van der Waals surface area contributed by atoms with E-state index in [1.54, 1.807) is 0 Å². The molecule has 0 bridgehead atoms. The second-order valence-corrected chi connectivity index (χ2v) is 5.78. The Labute approximate surface area is 126 Å². The Morgan fingerprint density at radius 2 is 2.10 bits per heavy atom. The van der Waals surface area contributed by atoms with Gasteiger partial charge in [-0.05, 0) is 43.0 Å². The van der Waals surface area contributed by atoms with E-state index in [2.05, 4.69) is 17.2 Å². The zero-order valence-electron chi connectivity index (χ0n) is 12.6. The third kappa shape index (κ3) is 5.24. The molecule has 0 saturated heterocycles. The third-order valence-corrected chi connectivity index (χ3v) is 3.93. The Morgan fingerprint density at radius 3 is 2.81 bits per heavy atom. The average Bonchev–Trinajstić information content (AvgIpc) is 2.95. The van der Waals surface area contributed by atoms with Gasteiger partial charge in [0.2, 0.25) is 5.91 Å². The molecule has 3 nitrogen and oxygen atoms in total. The quantitative estimate of drug-likeness (QED) is 0.834. The SMILES string of the molecule is Cc1cc(C#CCO)cc(NC(=O)CCC2CCCC2)c1. The van der Waals surface area contributed by atoms with E-state index in [4.69, 9.17) is 5.11 Å². The lowest BCUT2D eigenvalue weighted by molar-refractivity contribution is -0.116. The monoisotopic (exact) mass is 285 g/mol. The summed E-state index contributed by atoms with van der Waals surface area (Å²) >= 11 is 0. The number of rotatable bonds is 4. The van der Waals surface area contributed by atoms with Crippen LogP contribution < -0.4 is 5.32 Å². The van der Waals surface area contributed by atoms with E-state index in [0.29, 0.717) is 6.42 Å². The molecule has 0 aliphatic heterocycles. The van der Waals surface area contributed by atoms with Gasteiger partial charge in [0.05, 0.1) is 0 Å². The molecule has 0 unspecified atom stereocenters. The number of anilines is 1. The summed E-state index contributed by atoms with van der Waals surface area (Å²) in [6.45, 7) is 1.81. The summed E-state index contributed by atoms with van der Waals surface area (Å²) in [5.41, 5.74) is 2.65. The van der Waals surface area contributed by atoms with Crippen molar-refractivity contribution in [1.29, 1.82) is 0 Å². The van der Waals surface area contributed by atoms with E-state index < -0.39 is 0 Å². The number of hydrogen-bond acceptors (Lipinski definition) is 2. The molecule has 2 N–H and O–H groups in total. The number of carbonyl (C=O) groups excluding carboxylic acids is 1. The van der Waals surface area contributed by atoms with Gasteiger partial charge in [0, 0.05) is 17.7 Å². The molecule has 112 valence electrons. The van der Waals surface area contributed by atoms with E-state index in [0.717, 1.165) is 29.2 Å². The highest BCUT2D eigenvalue weighted by Gasteiger charge is 2.16. The first kappa shape index (κ1) is 15.6. The van der Waals surface area contributed by atoms with Gasteiger partial charge in [0.1, 0.15) is 6.61 Å². The molecule has 21 heavy (non-hydrogen) atoms. The average molecular weight is 285 g/mol. The maximum Gasteiger partial charge on any atom is 0.224 e. The molecular weight excluding hydrogens is 262 g/mol. The topological polar surface area (TPSA) is 49.3 Å². The van der Waals surface area contributed by atoms with Gasteiger partial charge in [0.15, 0.2) is 0 Å². The van der Waals surface area contributed by atoms with Gasteiger partial charge in [-0.2, -0.15) is 0 Å². The molecule has 1 fully saturated rings. The molecule has 1 aromatic rings. The van der Waals surface area contributed by atoms with Gasteiger partial charge < -0.3 is 10.4 Å². The normalized spacial score (nSPS) is 14.6. The van der Waals surface area contributed by atoms with Crippen LogP contribution in [0.15, 0.2) is 18.2 Å². The number of hydrogen-bond donors (Lipinski definition) is 2. The van der Waals surface area contributed by atoms with Crippen molar-refractivity contribution >= 4 is 11.6 Å². The van der Waals surface area contributed by atoms with Crippen molar-refractivity contribution in [2.24, 2.45) is 5.92 Å². The summed E-state index contributed by atoms with van der Waals surface area (Å²) in [6, 6.07) is 5.73. The first-order valence-corrected chi connectivity index (χ1v) is 7.68. The largest absolute Gasteiger partial charge is 0.384 e. The highest BCUT2D eigenvalue weighted by atomic mass is 16.2. The van der Waals surface area contributed by atoms with Crippen molar-refractivity contribution in [2.75, 3.05) is 11.9 Å². The maximum absolute atomic E-state index is 12.0. The van der Waals surface area contributed by atoms with Crippen LogP contribution in [0.4, 0.5) is 5.69 Å². The summed E-state index contributed by atoms with van der Waals surface area (Å²) in [7, 11) is 0. The molecule has 0 spiro atoms. The summed E-state index contributed by atoms with van der Waals surface area (Å²) in [6.07, 6.45) is 6.77. The Bertz CT molecular complexity index is 548. The molecule has 1 aromatic carbocycles. The van der Waals surface area contributed by atoms with Gasteiger partial charge >= 0.3 is 0 Å². The molecule has 1 aliphatic rings. The highest BCUT2D eigenvalue weighted by molar-refractivity contribution is 5.91. The zero-order chi connectivity index (χ0) is 15.1. The van der Waals surface area contributed by atoms with Gasteiger partial charge in [-0.3, -0.25) is 4.79 Å². The first-order chi connectivity index (χ1) is 10.2. The lowest BCUT2D eigenvalue weighted by Crippen LogP contribution is -2.13. The number of benzene rings is 1. The lowest BCUT2D eigenvalue weighted by atomic mass is 10.0. The molecule has 3 heteroatoms. The Morgan fingerprint density at radius 1 is 1.33 bits per heavy atom. The van der Waals surface area contributed by atoms with Crippen molar-refractivity contribution in [1.82, 2.24) is 0 Å². The summed E-state index contributed by atoms with van der Waals surface area (Å²) in [5.74, 6) is 6.31. The molecule has 1 amide bonds. The second kappa shape index (κ2) is 7.85. The third-order valence-electron chi connectivity index (χ3n) is 3.93. The molecule has 0 heterocycles. The van der Waals surface area contributed by atoms with E-state index in [9.17, 15) is 4.79 Å². The lowest BCUT2D eigenvalue weighted by Gasteiger charge is -2.10. The fraction of sp³-hybridized carbons (Fsp3) is 0.500. The Balaban J connectivity index is 1.91. The number of carbonyl (C=O) groups is 1. The summed E-state index contributed by atoms with van der Waals surface area (Å²) in [4.78, 5) is 12.0. The van der Waals surface area contributed by atoms with Crippen LogP contribution >= 0.6 is 0 Å². The highest BCUT2D eigenvalue weighted by Crippen LogP contribution is 2.28. The van der Waals surface area contributed by atoms with E-state index in [1.165, 1.54) is 25.7 Å². The number of aliphatic hydroxyl groups is 1. The van der Waals surface area contributed by atoms with Gasteiger partial charge in [0.25, 0.3) is 0 Å². The first-order valence-electron chi connectivity index (χ1n) is 7.68. The Kier molecular flexibility index (Phi) is 5.83. The van der Waals surface area contributed by atoms with Crippen LogP contribution in [0.25, 0.3) is 0 Å². The van der Waals surface area contributed by atoms with Crippen molar-refractivity contribution in [3.05, 3.63) is 29.3 Å². The van der Waals surface area contributed by atoms with Crippen LogP contribution in [0.2, 0.25) is 0 Å². The standard InChI is InChI=1S/C18H23NO2/c1-14-11-16(7-4-10-20)13-17(12-14)19-18(21)9-8-15-5-2-3-6-15/h11-13,15,20H,2-3,5-6,8-10H2,1H3,(H,19,21). The predicted molar refractivity (Wildman–Crippen MR) is 85.0 cm³/mol. The maximum atomic E-state index is 12.0.